The number of hydrogen-bond donors (Lipinski definition) is 1. The molecule has 4 aliphatic heterocycles. The first-order valence-electron chi connectivity index (χ1n) is 10.2. The molecule has 2 aromatic carbocycles. The van der Waals surface area contributed by atoms with Gasteiger partial charge in [-0.2, -0.15) is 0 Å². The van der Waals surface area contributed by atoms with Gasteiger partial charge in [-0.3, -0.25) is 9.79 Å². The van der Waals surface area contributed by atoms with Gasteiger partial charge in [0, 0.05) is 60.2 Å². The van der Waals surface area contributed by atoms with Crippen molar-refractivity contribution in [3.63, 3.8) is 0 Å². The van der Waals surface area contributed by atoms with E-state index in [1.54, 1.807) is 17.0 Å². The molecule has 1 atom stereocenters. The van der Waals surface area contributed by atoms with E-state index in [2.05, 4.69) is 39.6 Å². The average molecular weight is 410 g/mol. The van der Waals surface area contributed by atoms with Crippen LogP contribution in [-0.4, -0.2) is 28.1 Å². The van der Waals surface area contributed by atoms with Crippen molar-refractivity contribution in [3.05, 3.63) is 112 Å². The molecule has 1 N–H and O–H groups in total. The second-order valence-corrected chi connectivity index (χ2v) is 8.01. The average Bonchev–Trinajstić information content (AvgIpc) is 3.29. The number of amides is 1. The van der Waals surface area contributed by atoms with Crippen LogP contribution in [0.15, 0.2) is 89.4 Å². The largest absolute Gasteiger partial charge is 0.366 e. The van der Waals surface area contributed by atoms with Crippen molar-refractivity contribution in [2.75, 3.05) is 0 Å². The third-order valence-corrected chi connectivity index (χ3v) is 6.03. The number of hydrogen-bond acceptors (Lipinski definition) is 4. The molecule has 4 aliphatic rings. The van der Waals surface area contributed by atoms with Crippen molar-refractivity contribution >= 4 is 17.8 Å². The van der Waals surface area contributed by atoms with Gasteiger partial charge in [-0.05, 0) is 41.5 Å². The Bertz CT molecular complexity index is 1250. The zero-order valence-corrected chi connectivity index (χ0v) is 16.6. The second kappa shape index (κ2) is 6.80. The molecule has 0 fully saturated rings. The molecule has 4 heterocycles. The van der Waals surface area contributed by atoms with Crippen molar-refractivity contribution in [1.29, 1.82) is 0 Å². The van der Waals surface area contributed by atoms with Crippen LogP contribution in [0.4, 0.5) is 4.39 Å². The number of fused-ring (bicyclic) bond motifs is 2. The predicted molar refractivity (Wildman–Crippen MR) is 117 cm³/mol. The fraction of sp³-hybridized carbons (Fsp3) is 0.120. The highest BCUT2D eigenvalue weighted by atomic mass is 19.1. The van der Waals surface area contributed by atoms with E-state index in [1.165, 1.54) is 12.1 Å². The summed E-state index contributed by atoms with van der Waals surface area (Å²) >= 11 is 0. The number of benzene rings is 2. The van der Waals surface area contributed by atoms with Gasteiger partial charge < -0.3 is 15.1 Å². The van der Waals surface area contributed by atoms with Crippen LogP contribution in [0, 0.1) is 5.82 Å². The Morgan fingerprint density at radius 1 is 1.13 bits per heavy atom. The molecule has 152 valence electrons. The molecule has 6 rings (SSSR count). The van der Waals surface area contributed by atoms with Crippen LogP contribution < -0.4 is 5.32 Å². The van der Waals surface area contributed by atoms with Gasteiger partial charge in [0.15, 0.2) is 0 Å². The predicted octanol–water partition coefficient (Wildman–Crippen LogP) is 3.93. The molecular formula is C25H19FN4O. The summed E-state index contributed by atoms with van der Waals surface area (Å²) in [6.07, 6.45) is 12.2. The van der Waals surface area contributed by atoms with Crippen LogP contribution in [0.2, 0.25) is 0 Å². The van der Waals surface area contributed by atoms with Gasteiger partial charge in [-0.1, -0.05) is 24.3 Å². The molecule has 0 saturated heterocycles. The summed E-state index contributed by atoms with van der Waals surface area (Å²) in [5.41, 5.74) is 7.04. The van der Waals surface area contributed by atoms with E-state index in [-0.39, 0.29) is 17.9 Å². The first kappa shape index (κ1) is 17.9. The van der Waals surface area contributed by atoms with Gasteiger partial charge in [-0.25, -0.2) is 4.39 Å². The zero-order valence-electron chi connectivity index (χ0n) is 16.6. The molecule has 1 unspecified atom stereocenters. The lowest BCUT2D eigenvalue weighted by Gasteiger charge is -2.28. The van der Waals surface area contributed by atoms with E-state index in [0.717, 1.165) is 39.1 Å². The number of nitrogens with one attached hydrogen (secondary N) is 1. The van der Waals surface area contributed by atoms with E-state index in [0.29, 0.717) is 13.1 Å². The van der Waals surface area contributed by atoms with Crippen LogP contribution in [0.25, 0.3) is 5.70 Å². The molecule has 0 aliphatic carbocycles. The Morgan fingerprint density at radius 3 is 2.74 bits per heavy atom. The maximum absolute atomic E-state index is 13.2. The maximum atomic E-state index is 13.2. The van der Waals surface area contributed by atoms with E-state index in [9.17, 15) is 9.18 Å². The first-order valence-corrected chi connectivity index (χ1v) is 10.2. The summed E-state index contributed by atoms with van der Waals surface area (Å²) in [6.45, 7) is 1.02. The summed E-state index contributed by atoms with van der Waals surface area (Å²) < 4.78 is 13.2. The monoisotopic (exact) mass is 410 g/mol. The molecule has 5 nitrogen and oxygen atoms in total. The molecule has 2 aromatic rings. The number of nitrogens with zero attached hydrogens (tertiary/aromatic N) is 3. The molecule has 0 bridgehead atoms. The van der Waals surface area contributed by atoms with Crippen molar-refractivity contribution in [1.82, 2.24) is 15.1 Å². The lowest BCUT2D eigenvalue weighted by Crippen LogP contribution is -2.33. The number of aliphatic imine (C=N–C) groups is 1. The fourth-order valence-electron chi connectivity index (χ4n) is 4.33. The van der Waals surface area contributed by atoms with Gasteiger partial charge in [0.25, 0.3) is 5.91 Å². The Hall–Kier alpha value is -3.93. The van der Waals surface area contributed by atoms with Crippen molar-refractivity contribution in [2.24, 2.45) is 4.99 Å². The van der Waals surface area contributed by atoms with E-state index >= 15 is 0 Å². The smallest absolute Gasteiger partial charge is 0.254 e. The van der Waals surface area contributed by atoms with Gasteiger partial charge in [-0.15, -0.1) is 0 Å². The summed E-state index contributed by atoms with van der Waals surface area (Å²) in [5.74, 6) is -0.256. The van der Waals surface area contributed by atoms with Crippen LogP contribution >= 0.6 is 0 Å². The molecule has 0 aromatic heterocycles. The maximum Gasteiger partial charge on any atom is 0.254 e. The summed E-state index contributed by atoms with van der Waals surface area (Å²) in [4.78, 5) is 20.9. The van der Waals surface area contributed by atoms with Crippen LogP contribution in [0.1, 0.15) is 27.0 Å². The van der Waals surface area contributed by atoms with Gasteiger partial charge >= 0.3 is 0 Å². The van der Waals surface area contributed by atoms with Crippen molar-refractivity contribution in [3.8, 4) is 0 Å². The standard InChI is InChI=1S/C25H19FN4O/c26-21-5-1-16(2-6-21)13-29-14-19-9-17(3-7-22(19)25(29)31)23-12-28-24-8-4-18(15-30(23)24)20-10-27-11-20/h1-12,15,24,28H,13-14H2. The summed E-state index contributed by atoms with van der Waals surface area (Å²) in [6, 6.07) is 12.3. The van der Waals surface area contributed by atoms with E-state index < -0.39 is 0 Å². The Kier molecular flexibility index (Phi) is 3.93. The minimum Gasteiger partial charge on any atom is -0.366 e. The minimum atomic E-state index is -0.271. The highest BCUT2D eigenvalue weighted by molar-refractivity contribution is 5.98. The third kappa shape index (κ3) is 2.99. The van der Waals surface area contributed by atoms with Crippen molar-refractivity contribution in [2.45, 2.75) is 19.3 Å². The van der Waals surface area contributed by atoms with Crippen LogP contribution in [0.5, 0.6) is 0 Å². The Labute approximate surface area is 179 Å². The minimum absolute atomic E-state index is 0.0153. The normalized spacial score (nSPS) is 20.6. The topological polar surface area (TPSA) is 47.9 Å². The highest BCUT2D eigenvalue weighted by Gasteiger charge is 2.31. The molecule has 0 saturated carbocycles. The number of rotatable bonds is 4. The van der Waals surface area contributed by atoms with Crippen LogP contribution in [0.3, 0.4) is 0 Å². The molecule has 0 radical (unpaired) electrons. The Morgan fingerprint density at radius 2 is 1.97 bits per heavy atom. The SMILES string of the molecule is O=C1c2ccc(C3=CNC4C=CC(C5=CN=C5)=CN34)cc2CN1Cc1ccc(F)cc1. The van der Waals surface area contributed by atoms with Crippen LogP contribution in [-0.2, 0) is 13.1 Å². The van der Waals surface area contributed by atoms with E-state index in [4.69, 9.17) is 0 Å². The third-order valence-electron chi connectivity index (χ3n) is 6.03. The molecule has 1 amide bonds. The zero-order chi connectivity index (χ0) is 20.9. The Balaban J connectivity index is 1.25. The first-order chi connectivity index (χ1) is 15.2. The molecule has 31 heavy (non-hydrogen) atoms. The molecule has 6 heteroatoms. The van der Waals surface area contributed by atoms with E-state index in [1.807, 2.05) is 30.7 Å². The quantitative estimate of drug-likeness (QED) is 0.831. The number of carbonyl (C=O) groups excluding carboxylic acids is 1. The fourth-order valence-corrected chi connectivity index (χ4v) is 4.33. The highest BCUT2D eigenvalue weighted by Crippen LogP contribution is 2.34. The summed E-state index contributed by atoms with van der Waals surface area (Å²) in [7, 11) is 0. The molecular weight excluding hydrogens is 391 g/mol. The van der Waals surface area contributed by atoms with Gasteiger partial charge in [0.05, 0.1) is 5.70 Å². The lowest BCUT2D eigenvalue weighted by molar-refractivity contribution is 0.0766. The lowest BCUT2D eigenvalue weighted by atomic mass is 10.0. The number of carbonyl (C=O) groups is 1. The number of allylic oxidation sites excluding steroid dienone is 3. The molecule has 0 spiro atoms. The van der Waals surface area contributed by atoms with Gasteiger partial charge in [0.2, 0.25) is 0 Å². The van der Waals surface area contributed by atoms with Gasteiger partial charge in [0.1, 0.15) is 12.0 Å². The summed E-state index contributed by atoms with van der Waals surface area (Å²) in [5, 5.41) is 3.40. The van der Waals surface area contributed by atoms with Crippen molar-refractivity contribution < 1.29 is 9.18 Å². The number of halogens is 1. The second-order valence-electron chi connectivity index (χ2n) is 8.01.